The van der Waals surface area contributed by atoms with Crippen LogP contribution in [0.4, 0.5) is 0 Å². The molecule has 2 atom stereocenters. The van der Waals surface area contributed by atoms with Crippen LogP contribution in [0.15, 0.2) is 24.3 Å². The molecule has 3 fully saturated rings. The zero-order valence-electron chi connectivity index (χ0n) is 15.5. The summed E-state index contributed by atoms with van der Waals surface area (Å²) >= 11 is 5.97. The van der Waals surface area contributed by atoms with Gasteiger partial charge in [0.2, 0.25) is 5.91 Å². The number of rotatable bonds is 4. The Kier molecular flexibility index (Phi) is 5.82. The second-order valence-corrected chi connectivity index (χ2v) is 8.75. The molecule has 1 aromatic rings. The third-order valence-corrected chi connectivity index (χ3v) is 6.55. The van der Waals surface area contributed by atoms with Crippen molar-refractivity contribution in [3.05, 3.63) is 34.9 Å². The highest BCUT2D eigenvalue weighted by Crippen LogP contribution is 2.33. The highest BCUT2D eigenvalue weighted by Gasteiger charge is 2.35. The van der Waals surface area contributed by atoms with Gasteiger partial charge in [-0.05, 0) is 55.7 Å². The Balaban J connectivity index is 1.26. The molecule has 4 nitrogen and oxygen atoms in total. The molecule has 4 rings (SSSR count). The summed E-state index contributed by atoms with van der Waals surface area (Å²) in [6.45, 7) is 4.74. The molecule has 3 aliphatic heterocycles. The highest BCUT2D eigenvalue weighted by atomic mass is 35.5. The Morgan fingerprint density at radius 1 is 1.04 bits per heavy atom. The quantitative estimate of drug-likeness (QED) is 0.877. The predicted octanol–water partition coefficient (Wildman–Crippen LogP) is 3.30. The first-order valence-corrected chi connectivity index (χ1v) is 10.5. The molecule has 1 aromatic carbocycles. The van der Waals surface area contributed by atoms with Crippen LogP contribution < -0.4 is 5.32 Å². The van der Waals surface area contributed by atoms with Crippen molar-refractivity contribution in [1.82, 2.24) is 15.1 Å². The lowest BCUT2D eigenvalue weighted by atomic mass is 9.89. The Labute approximate surface area is 161 Å². The van der Waals surface area contributed by atoms with Gasteiger partial charge in [-0.2, -0.15) is 0 Å². The van der Waals surface area contributed by atoms with Crippen LogP contribution in [0.25, 0.3) is 0 Å². The number of amides is 1. The van der Waals surface area contributed by atoms with Gasteiger partial charge in [-0.15, -0.1) is 0 Å². The molecule has 142 valence electrons. The second kappa shape index (κ2) is 8.28. The van der Waals surface area contributed by atoms with Gasteiger partial charge in [-0.25, -0.2) is 0 Å². The van der Waals surface area contributed by atoms with Crippen molar-refractivity contribution in [2.75, 3.05) is 26.2 Å². The van der Waals surface area contributed by atoms with Crippen molar-refractivity contribution < 1.29 is 4.79 Å². The Morgan fingerprint density at radius 3 is 2.50 bits per heavy atom. The second-order valence-electron chi connectivity index (χ2n) is 8.32. The molecular weight excluding hydrogens is 346 g/mol. The average Bonchev–Trinajstić information content (AvgIpc) is 2.83. The van der Waals surface area contributed by atoms with Gasteiger partial charge in [0, 0.05) is 56.3 Å². The lowest BCUT2D eigenvalue weighted by Crippen LogP contribution is -2.41. The van der Waals surface area contributed by atoms with Gasteiger partial charge in [0.15, 0.2) is 0 Å². The summed E-state index contributed by atoms with van der Waals surface area (Å²) in [5, 5.41) is 4.46. The predicted molar refractivity (Wildman–Crippen MR) is 105 cm³/mol. The van der Waals surface area contributed by atoms with Crippen molar-refractivity contribution in [2.45, 2.75) is 57.2 Å². The van der Waals surface area contributed by atoms with E-state index in [1.54, 1.807) is 0 Å². The first-order valence-electron chi connectivity index (χ1n) is 10.2. The van der Waals surface area contributed by atoms with Gasteiger partial charge >= 0.3 is 0 Å². The van der Waals surface area contributed by atoms with Crippen molar-refractivity contribution in [2.24, 2.45) is 5.92 Å². The molecular formula is C21H30ClN3O. The van der Waals surface area contributed by atoms with E-state index < -0.39 is 0 Å². The number of carbonyl (C=O) groups is 1. The summed E-state index contributed by atoms with van der Waals surface area (Å²) in [6, 6.07) is 9.45. The van der Waals surface area contributed by atoms with Crippen LogP contribution in [0.2, 0.25) is 5.02 Å². The van der Waals surface area contributed by atoms with Gasteiger partial charge < -0.3 is 10.2 Å². The summed E-state index contributed by atoms with van der Waals surface area (Å²) in [5.41, 5.74) is 1.29. The fourth-order valence-electron chi connectivity index (χ4n) is 4.94. The number of hydrogen-bond donors (Lipinski definition) is 1. The molecule has 0 spiro atoms. The maximum atomic E-state index is 12.8. The van der Waals surface area contributed by atoms with Crippen molar-refractivity contribution in [3.63, 3.8) is 0 Å². The van der Waals surface area contributed by atoms with Gasteiger partial charge in [0.1, 0.15) is 0 Å². The summed E-state index contributed by atoms with van der Waals surface area (Å²) < 4.78 is 0. The van der Waals surface area contributed by atoms with Crippen LogP contribution in [0, 0.1) is 5.92 Å². The monoisotopic (exact) mass is 375 g/mol. The number of hydrogen-bond acceptors (Lipinski definition) is 3. The molecule has 1 amide bonds. The largest absolute Gasteiger partial charge is 0.341 e. The maximum absolute atomic E-state index is 12.8. The van der Waals surface area contributed by atoms with Gasteiger partial charge in [0.25, 0.3) is 0 Å². The molecule has 0 saturated carbocycles. The zero-order valence-corrected chi connectivity index (χ0v) is 16.3. The lowest BCUT2D eigenvalue weighted by Gasteiger charge is -2.30. The molecule has 1 N–H and O–H groups in total. The number of benzene rings is 1. The van der Waals surface area contributed by atoms with Crippen molar-refractivity contribution >= 4 is 17.5 Å². The first-order chi connectivity index (χ1) is 12.7. The van der Waals surface area contributed by atoms with Crippen LogP contribution in [-0.2, 0) is 11.3 Å². The van der Waals surface area contributed by atoms with E-state index in [0.717, 1.165) is 50.6 Å². The van der Waals surface area contributed by atoms with Gasteiger partial charge in [-0.1, -0.05) is 23.7 Å². The number of piperidine rings is 1. The SMILES string of the molecule is O=C(CC1CC2CCC(C1)N2)N1CCCN(Cc2ccc(Cl)cc2)CC1. The standard InChI is InChI=1S/C21H30ClN3O/c22-18-4-2-16(3-5-18)15-24-8-1-9-25(11-10-24)21(26)14-17-12-19-6-7-20(13-17)23-19/h2-5,17,19-20,23H,1,6-15H2. The van der Waals surface area contributed by atoms with E-state index in [1.165, 1.54) is 31.2 Å². The molecule has 3 heterocycles. The van der Waals surface area contributed by atoms with Crippen LogP contribution in [0.1, 0.15) is 44.1 Å². The highest BCUT2D eigenvalue weighted by molar-refractivity contribution is 6.30. The molecule has 2 bridgehead atoms. The van der Waals surface area contributed by atoms with E-state index >= 15 is 0 Å². The first kappa shape index (κ1) is 18.3. The third-order valence-electron chi connectivity index (χ3n) is 6.29. The summed E-state index contributed by atoms with van der Waals surface area (Å²) in [6.07, 6.45) is 6.82. The normalized spacial score (nSPS) is 29.6. The molecule has 5 heteroatoms. The van der Waals surface area contributed by atoms with Crippen LogP contribution in [-0.4, -0.2) is 54.0 Å². The minimum atomic E-state index is 0.379. The minimum absolute atomic E-state index is 0.379. The fraction of sp³-hybridized carbons (Fsp3) is 0.667. The molecule has 3 saturated heterocycles. The molecule has 0 radical (unpaired) electrons. The van der Waals surface area contributed by atoms with Crippen molar-refractivity contribution in [1.29, 1.82) is 0 Å². The maximum Gasteiger partial charge on any atom is 0.222 e. The Bertz CT molecular complexity index is 608. The van der Waals surface area contributed by atoms with Crippen LogP contribution in [0.3, 0.4) is 0 Å². The van der Waals surface area contributed by atoms with E-state index in [1.807, 2.05) is 12.1 Å². The molecule has 0 aliphatic carbocycles. The minimum Gasteiger partial charge on any atom is -0.341 e. The topological polar surface area (TPSA) is 35.6 Å². The summed E-state index contributed by atoms with van der Waals surface area (Å²) in [7, 11) is 0. The van der Waals surface area contributed by atoms with E-state index in [0.29, 0.717) is 23.9 Å². The molecule has 0 aromatic heterocycles. The number of halogens is 1. The average molecular weight is 376 g/mol. The number of fused-ring (bicyclic) bond motifs is 2. The van der Waals surface area contributed by atoms with Crippen LogP contribution >= 0.6 is 11.6 Å². The molecule has 26 heavy (non-hydrogen) atoms. The zero-order chi connectivity index (χ0) is 17.9. The Hall–Kier alpha value is -1.10. The smallest absolute Gasteiger partial charge is 0.222 e. The van der Waals surface area contributed by atoms with Crippen LogP contribution in [0.5, 0.6) is 0 Å². The third kappa shape index (κ3) is 4.59. The van der Waals surface area contributed by atoms with Gasteiger partial charge in [0.05, 0.1) is 0 Å². The Morgan fingerprint density at radius 2 is 1.77 bits per heavy atom. The van der Waals surface area contributed by atoms with Crippen molar-refractivity contribution in [3.8, 4) is 0 Å². The van der Waals surface area contributed by atoms with E-state index in [-0.39, 0.29) is 0 Å². The summed E-state index contributed by atoms with van der Waals surface area (Å²) in [5.74, 6) is 0.972. The van der Waals surface area contributed by atoms with Gasteiger partial charge in [-0.3, -0.25) is 9.69 Å². The molecule has 3 aliphatic rings. The fourth-order valence-corrected chi connectivity index (χ4v) is 5.07. The number of nitrogens with zero attached hydrogens (tertiary/aromatic N) is 2. The number of carbonyl (C=O) groups excluding carboxylic acids is 1. The molecule has 2 unspecified atom stereocenters. The van der Waals surface area contributed by atoms with E-state index in [9.17, 15) is 4.79 Å². The summed E-state index contributed by atoms with van der Waals surface area (Å²) in [4.78, 5) is 17.4. The lowest BCUT2D eigenvalue weighted by molar-refractivity contribution is -0.132. The van der Waals surface area contributed by atoms with E-state index in [2.05, 4.69) is 27.2 Å². The number of nitrogens with one attached hydrogen (secondary N) is 1. The van der Waals surface area contributed by atoms with E-state index in [4.69, 9.17) is 11.6 Å².